The molecule has 0 spiro atoms. The minimum Gasteiger partial charge on any atom is -0.507 e. The maximum Gasteiger partial charge on any atom is 0.256 e. The van der Waals surface area contributed by atoms with E-state index in [0.717, 1.165) is 25.9 Å². The molecule has 0 saturated carbocycles. The molecule has 0 unspecified atom stereocenters. The van der Waals surface area contributed by atoms with Crippen molar-refractivity contribution in [2.45, 2.75) is 33.2 Å². The van der Waals surface area contributed by atoms with E-state index in [1.807, 2.05) is 18.2 Å². The smallest absolute Gasteiger partial charge is 0.256 e. The zero-order valence-corrected chi connectivity index (χ0v) is 12.1. The molecular formula is C16H22N2O2. The highest BCUT2D eigenvalue weighted by Gasteiger charge is 2.14. The molecule has 0 aliphatic carbocycles. The number of fused-ring (bicyclic) bond motifs is 1. The number of benzene rings is 1. The molecule has 2 N–H and O–H groups in total. The van der Waals surface area contributed by atoms with E-state index in [4.69, 9.17) is 0 Å². The molecule has 108 valence electrons. The van der Waals surface area contributed by atoms with Crippen molar-refractivity contribution in [3.63, 3.8) is 0 Å². The van der Waals surface area contributed by atoms with Crippen LogP contribution < -0.4 is 5.56 Å². The molecule has 4 nitrogen and oxygen atoms in total. The number of aromatic nitrogens is 1. The number of pyridine rings is 1. The summed E-state index contributed by atoms with van der Waals surface area (Å²) in [4.78, 5) is 17.2. The molecule has 1 aromatic heterocycles. The summed E-state index contributed by atoms with van der Waals surface area (Å²) in [5.74, 6) is 0.113. The van der Waals surface area contributed by atoms with Crippen molar-refractivity contribution in [3.8, 4) is 5.75 Å². The van der Waals surface area contributed by atoms with Gasteiger partial charge in [-0.05, 0) is 38.1 Å². The summed E-state index contributed by atoms with van der Waals surface area (Å²) in [5.41, 5.74) is 0.945. The van der Waals surface area contributed by atoms with E-state index in [-0.39, 0.29) is 11.3 Å². The van der Waals surface area contributed by atoms with Crippen LogP contribution in [0.1, 0.15) is 32.3 Å². The van der Waals surface area contributed by atoms with Gasteiger partial charge in [0.2, 0.25) is 0 Å². The predicted molar refractivity (Wildman–Crippen MR) is 82.1 cm³/mol. The molecule has 2 aromatic rings. The molecular weight excluding hydrogens is 252 g/mol. The Kier molecular flexibility index (Phi) is 4.79. The van der Waals surface area contributed by atoms with Gasteiger partial charge in [0, 0.05) is 11.9 Å². The molecule has 0 fully saturated rings. The topological polar surface area (TPSA) is 56.3 Å². The highest BCUT2D eigenvalue weighted by Crippen LogP contribution is 2.25. The number of nitrogens with one attached hydrogen (secondary N) is 1. The van der Waals surface area contributed by atoms with Crippen LogP contribution in [0.2, 0.25) is 0 Å². The Morgan fingerprint density at radius 3 is 2.45 bits per heavy atom. The highest BCUT2D eigenvalue weighted by molar-refractivity contribution is 5.85. The van der Waals surface area contributed by atoms with Crippen molar-refractivity contribution >= 4 is 10.9 Å². The maximum atomic E-state index is 12.2. The minimum absolute atomic E-state index is 0.113. The first kappa shape index (κ1) is 14.6. The molecule has 1 heterocycles. The number of rotatable bonds is 6. The lowest BCUT2D eigenvalue weighted by Crippen LogP contribution is -2.28. The van der Waals surface area contributed by atoms with E-state index in [9.17, 15) is 9.90 Å². The fraction of sp³-hybridized carbons (Fsp3) is 0.438. The van der Waals surface area contributed by atoms with Gasteiger partial charge >= 0.3 is 0 Å². The molecule has 0 saturated heterocycles. The van der Waals surface area contributed by atoms with Gasteiger partial charge in [0.25, 0.3) is 5.56 Å². The van der Waals surface area contributed by atoms with Gasteiger partial charge < -0.3 is 10.1 Å². The zero-order valence-electron chi connectivity index (χ0n) is 12.1. The number of nitrogens with zero attached hydrogens (tertiary/aromatic N) is 1. The summed E-state index contributed by atoms with van der Waals surface area (Å²) in [5, 5.41) is 11.1. The molecule has 4 heteroatoms. The molecule has 20 heavy (non-hydrogen) atoms. The largest absolute Gasteiger partial charge is 0.507 e. The standard InChI is InChI=1S/C16H22N2O2/c1-3-9-18(10-4-2)11-13-15(19)12-7-5-6-8-14(12)17-16(13)20/h5-8H,3-4,9-11H2,1-2H3,(H2,17,19,20). The summed E-state index contributed by atoms with van der Waals surface area (Å²) in [6.07, 6.45) is 2.07. The Hall–Kier alpha value is -1.81. The van der Waals surface area contributed by atoms with Gasteiger partial charge in [0.1, 0.15) is 5.75 Å². The van der Waals surface area contributed by atoms with Gasteiger partial charge in [-0.25, -0.2) is 0 Å². The molecule has 1 aromatic carbocycles. The number of para-hydroxylation sites is 1. The van der Waals surface area contributed by atoms with Crippen molar-refractivity contribution in [3.05, 3.63) is 40.2 Å². The summed E-state index contributed by atoms with van der Waals surface area (Å²) >= 11 is 0. The zero-order chi connectivity index (χ0) is 14.5. The quantitative estimate of drug-likeness (QED) is 0.851. The van der Waals surface area contributed by atoms with E-state index in [2.05, 4.69) is 23.7 Å². The van der Waals surface area contributed by atoms with Crippen LogP contribution in [0, 0.1) is 0 Å². The van der Waals surface area contributed by atoms with E-state index in [1.165, 1.54) is 0 Å². The Labute approximate surface area is 119 Å². The fourth-order valence-electron chi connectivity index (χ4n) is 2.54. The second kappa shape index (κ2) is 6.57. The molecule has 0 bridgehead atoms. The Bertz CT molecular complexity index is 628. The van der Waals surface area contributed by atoms with Crippen molar-refractivity contribution in [2.24, 2.45) is 0 Å². The van der Waals surface area contributed by atoms with Crippen LogP contribution in [0.25, 0.3) is 10.9 Å². The van der Waals surface area contributed by atoms with Crippen LogP contribution in [-0.4, -0.2) is 28.1 Å². The third-order valence-electron chi connectivity index (χ3n) is 3.45. The average molecular weight is 274 g/mol. The Morgan fingerprint density at radius 1 is 1.15 bits per heavy atom. The van der Waals surface area contributed by atoms with Gasteiger partial charge in [0.05, 0.1) is 11.1 Å². The summed E-state index contributed by atoms with van der Waals surface area (Å²) in [6, 6.07) is 7.34. The molecule has 0 amide bonds. The lowest BCUT2D eigenvalue weighted by molar-refractivity contribution is 0.262. The van der Waals surface area contributed by atoms with Crippen LogP contribution >= 0.6 is 0 Å². The maximum absolute atomic E-state index is 12.2. The van der Waals surface area contributed by atoms with E-state index in [1.54, 1.807) is 6.07 Å². The van der Waals surface area contributed by atoms with Gasteiger partial charge in [-0.2, -0.15) is 0 Å². The summed E-state index contributed by atoms with van der Waals surface area (Å²) in [7, 11) is 0. The second-order valence-corrected chi connectivity index (χ2v) is 5.10. The van der Waals surface area contributed by atoms with E-state index < -0.39 is 0 Å². The number of hydrogen-bond donors (Lipinski definition) is 2. The number of hydrogen-bond acceptors (Lipinski definition) is 3. The number of aromatic hydroxyl groups is 1. The Morgan fingerprint density at radius 2 is 1.80 bits per heavy atom. The molecule has 0 radical (unpaired) electrons. The Balaban J connectivity index is 2.40. The van der Waals surface area contributed by atoms with E-state index in [0.29, 0.717) is 23.0 Å². The lowest BCUT2D eigenvalue weighted by atomic mass is 10.1. The number of aromatic amines is 1. The van der Waals surface area contributed by atoms with Crippen molar-refractivity contribution in [1.82, 2.24) is 9.88 Å². The molecule has 0 atom stereocenters. The van der Waals surface area contributed by atoms with Gasteiger partial charge in [0.15, 0.2) is 0 Å². The predicted octanol–water partition coefficient (Wildman–Crippen LogP) is 2.86. The van der Waals surface area contributed by atoms with Gasteiger partial charge in [-0.15, -0.1) is 0 Å². The fourth-order valence-corrected chi connectivity index (χ4v) is 2.54. The first-order chi connectivity index (χ1) is 9.67. The van der Waals surface area contributed by atoms with Crippen molar-refractivity contribution in [2.75, 3.05) is 13.1 Å². The van der Waals surface area contributed by atoms with Crippen LogP contribution in [0.3, 0.4) is 0 Å². The van der Waals surface area contributed by atoms with Crippen LogP contribution in [0.4, 0.5) is 0 Å². The third-order valence-corrected chi connectivity index (χ3v) is 3.45. The second-order valence-electron chi connectivity index (χ2n) is 5.10. The molecule has 2 rings (SSSR count). The monoisotopic (exact) mass is 274 g/mol. The third kappa shape index (κ3) is 3.02. The number of H-pyrrole nitrogens is 1. The van der Waals surface area contributed by atoms with Gasteiger partial charge in [-0.1, -0.05) is 26.0 Å². The van der Waals surface area contributed by atoms with E-state index >= 15 is 0 Å². The summed E-state index contributed by atoms with van der Waals surface area (Å²) in [6.45, 7) is 6.59. The normalized spacial score (nSPS) is 11.3. The van der Waals surface area contributed by atoms with Crippen LogP contribution in [-0.2, 0) is 6.54 Å². The average Bonchev–Trinajstić information content (AvgIpc) is 2.44. The first-order valence-corrected chi connectivity index (χ1v) is 7.22. The molecule has 0 aliphatic heterocycles. The van der Waals surface area contributed by atoms with Crippen molar-refractivity contribution < 1.29 is 5.11 Å². The van der Waals surface area contributed by atoms with Gasteiger partial charge in [-0.3, -0.25) is 9.69 Å². The van der Waals surface area contributed by atoms with Crippen molar-refractivity contribution in [1.29, 1.82) is 0 Å². The molecule has 0 aliphatic rings. The summed E-state index contributed by atoms with van der Waals surface area (Å²) < 4.78 is 0. The van der Waals surface area contributed by atoms with Crippen LogP contribution in [0.15, 0.2) is 29.1 Å². The highest BCUT2D eigenvalue weighted by atomic mass is 16.3. The van der Waals surface area contributed by atoms with Crippen LogP contribution in [0.5, 0.6) is 5.75 Å². The minimum atomic E-state index is -0.196. The SMILES string of the molecule is CCCN(CCC)Cc1c(O)c2ccccc2[nH]c1=O. The lowest BCUT2D eigenvalue weighted by Gasteiger charge is -2.21. The first-order valence-electron chi connectivity index (χ1n) is 7.22.